The number of benzene rings is 1. The summed E-state index contributed by atoms with van der Waals surface area (Å²) in [6.07, 6.45) is 2.12. The number of carbonyl (C=O) groups excluding carboxylic acids is 1. The number of nitrogens with one attached hydrogen (secondary N) is 1. The molecule has 1 aromatic heterocycles. The van der Waals surface area contributed by atoms with Gasteiger partial charge in [-0.15, -0.1) is 0 Å². The molecule has 0 bridgehead atoms. The third-order valence-corrected chi connectivity index (χ3v) is 5.34. The van der Waals surface area contributed by atoms with Crippen molar-refractivity contribution in [3.05, 3.63) is 36.5 Å². The Labute approximate surface area is 155 Å². The number of urea groups is 1. The molecular formula is C20H30N4O2. The topological polar surface area (TPSA) is 49.7 Å². The molecule has 1 aromatic carbocycles. The number of carbonyl (C=O) groups is 1. The number of ether oxygens (including phenoxy) is 1. The van der Waals surface area contributed by atoms with Gasteiger partial charge in [0.1, 0.15) is 0 Å². The van der Waals surface area contributed by atoms with Crippen LogP contribution in [0.2, 0.25) is 0 Å². The van der Waals surface area contributed by atoms with Crippen LogP contribution in [0.4, 0.5) is 4.79 Å². The lowest BCUT2D eigenvalue weighted by Crippen LogP contribution is -2.49. The zero-order valence-corrected chi connectivity index (χ0v) is 16.2. The standard InChI is InChI=1S/C20H30N4O2/c1-15(2)24-13-17(19(14-24)26-4)21-20(25)22(3)11-12-23-10-9-16-7-5-6-8-18(16)23/h5-10,15,17,19H,11-14H2,1-4H3,(H,21,25)/t17-,19-/m0/s1. The van der Waals surface area contributed by atoms with E-state index < -0.39 is 0 Å². The predicted octanol–water partition coefficient (Wildman–Crippen LogP) is 2.39. The Morgan fingerprint density at radius 1 is 1.31 bits per heavy atom. The second kappa shape index (κ2) is 8.10. The van der Waals surface area contributed by atoms with Crippen LogP contribution in [-0.2, 0) is 11.3 Å². The second-order valence-corrected chi connectivity index (χ2v) is 7.37. The van der Waals surface area contributed by atoms with Crippen molar-refractivity contribution in [2.75, 3.05) is 33.8 Å². The summed E-state index contributed by atoms with van der Waals surface area (Å²) in [6, 6.07) is 10.8. The highest BCUT2D eigenvalue weighted by atomic mass is 16.5. The van der Waals surface area contributed by atoms with Crippen molar-refractivity contribution in [2.45, 2.75) is 38.6 Å². The number of hydrogen-bond donors (Lipinski definition) is 1. The second-order valence-electron chi connectivity index (χ2n) is 7.37. The van der Waals surface area contributed by atoms with E-state index in [0.29, 0.717) is 12.6 Å². The number of hydrogen-bond acceptors (Lipinski definition) is 3. The van der Waals surface area contributed by atoms with Crippen LogP contribution in [0.3, 0.4) is 0 Å². The van der Waals surface area contributed by atoms with Gasteiger partial charge in [-0.3, -0.25) is 4.90 Å². The molecule has 142 valence electrons. The maximum Gasteiger partial charge on any atom is 0.317 e. The van der Waals surface area contributed by atoms with Crippen molar-refractivity contribution in [2.24, 2.45) is 0 Å². The molecule has 2 atom stereocenters. The van der Waals surface area contributed by atoms with E-state index in [1.165, 1.54) is 10.9 Å². The third kappa shape index (κ3) is 4.02. The molecule has 2 aromatic rings. The highest BCUT2D eigenvalue weighted by Crippen LogP contribution is 2.17. The molecule has 0 aliphatic carbocycles. The van der Waals surface area contributed by atoms with Gasteiger partial charge in [0, 0.05) is 58.1 Å². The van der Waals surface area contributed by atoms with Gasteiger partial charge in [0.15, 0.2) is 0 Å². The number of likely N-dealkylation sites (tertiary alicyclic amines) is 1. The Morgan fingerprint density at radius 3 is 2.81 bits per heavy atom. The molecular weight excluding hydrogens is 328 g/mol. The number of aromatic nitrogens is 1. The van der Waals surface area contributed by atoms with E-state index in [2.05, 4.69) is 53.0 Å². The molecule has 2 heterocycles. The molecule has 0 saturated carbocycles. The predicted molar refractivity (Wildman–Crippen MR) is 104 cm³/mol. The molecule has 1 N–H and O–H groups in total. The van der Waals surface area contributed by atoms with Gasteiger partial charge in [-0.25, -0.2) is 4.79 Å². The number of para-hydroxylation sites is 1. The minimum absolute atomic E-state index is 0.0322. The van der Waals surface area contributed by atoms with Gasteiger partial charge in [0.05, 0.1) is 12.1 Å². The van der Waals surface area contributed by atoms with E-state index in [1.807, 2.05) is 19.2 Å². The van der Waals surface area contributed by atoms with Crippen LogP contribution < -0.4 is 5.32 Å². The largest absolute Gasteiger partial charge is 0.378 e. The third-order valence-electron chi connectivity index (χ3n) is 5.34. The lowest BCUT2D eigenvalue weighted by atomic mass is 10.2. The lowest BCUT2D eigenvalue weighted by molar-refractivity contribution is 0.0874. The van der Waals surface area contributed by atoms with E-state index in [-0.39, 0.29) is 18.2 Å². The first-order chi connectivity index (χ1) is 12.5. The quantitative estimate of drug-likeness (QED) is 0.863. The molecule has 26 heavy (non-hydrogen) atoms. The van der Waals surface area contributed by atoms with E-state index in [4.69, 9.17) is 4.74 Å². The fourth-order valence-electron chi connectivity index (χ4n) is 3.57. The Kier molecular flexibility index (Phi) is 5.84. The molecule has 0 radical (unpaired) electrons. The summed E-state index contributed by atoms with van der Waals surface area (Å²) >= 11 is 0. The van der Waals surface area contributed by atoms with Gasteiger partial charge in [-0.1, -0.05) is 18.2 Å². The summed E-state index contributed by atoms with van der Waals surface area (Å²) in [6.45, 7) is 7.46. The number of likely N-dealkylation sites (N-methyl/N-ethyl adjacent to an activating group) is 1. The molecule has 6 heteroatoms. The van der Waals surface area contributed by atoms with E-state index >= 15 is 0 Å². The summed E-state index contributed by atoms with van der Waals surface area (Å²) in [5, 5.41) is 4.37. The lowest BCUT2D eigenvalue weighted by Gasteiger charge is -2.24. The highest BCUT2D eigenvalue weighted by molar-refractivity contribution is 5.80. The van der Waals surface area contributed by atoms with Crippen LogP contribution in [0.5, 0.6) is 0 Å². The summed E-state index contributed by atoms with van der Waals surface area (Å²) in [4.78, 5) is 16.7. The Balaban J connectivity index is 1.54. The molecule has 3 rings (SSSR count). The number of methoxy groups -OCH3 is 1. The molecule has 0 unspecified atom stereocenters. The Bertz CT molecular complexity index is 742. The van der Waals surface area contributed by atoms with Crippen molar-refractivity contribution >= 4 is 16.9 Å². The summed E-state index contributed by atoms with van der Waals surface area (Å²) in [5.41, 5.74) is 1.20. The van der Waals surface area contributed by atoms with Crippen LogP contribution in [0.1, 0.15) is 13.8 Å². The van der Waals surface area contributed by atoms with Gasteiger partial charge >= 0.3 is 6.03 Å². The van der Waals surface area contributed by atoms with Gasteiger partial charge in [0.2, 0.25) is 0 Å². The zero-order valence-electron chi connectivity index (χ0n) is 16.2. The average Bonchev–Trinajstić information content (AvgIpc) is 3.23. The number of amides is 2. The summed E-state index contributed by atoms with van der Waals surface area (Å²) in [7, 11) is 3.56. The first-order valence-electron chi connectivity index (χ1n) is 9.32. The minimum Gasteiger partial charge on any atom is -0.378 e. The minimum atomic E-state index is -0.0425. The average molecular weight is 358 g/mol. The van der Waals surface area contributed by atoms with E-state index in [1.54, 1.807) is 12.0 Å². The SMILES string of the molecule is CO[C@H]1CN(C(C)C)C[C@@H]1NC(=O)N(C)CCn1ccc2ccccc21. The normalized spacial score (nSPS) is 20.8. The highest BCUT2D eigenvalue weighted by Gasteiger charge is 2.35. The summed E-state index contributed by atoms with van der Waals surface area (Å²) in [5.74, 6) is 0. The van der Waals surface area contributed by atoms with Gasteiger partial charge in [0.25, 0.3) is 0 Å². The molecule has 1 fully saturated rings. The van der Waals surface area contributed by atoms with Crippen LogP contribution in [0.25, 0.3) is 10.9 Å². The maximum atomic E-state index is 12.6. The Morgan fingerprint density at radius 2 is 2.08 bits per heavy atom. The van der Waals surface area contributed by atoms with Crippen LogP contribution in [-0.4, -0.2) is 72.4 Å². The van der Waals surface area contributed by atoms with Crippen molar-refractivity contribution < 1.29 is 9.53 Å². The molecule has 6 nitrogen and oxygen atoms in total. The Hall–Kier alpha value is -2.05. The fourth-order valence-corrected chi connectivity index (χ4v) is 3.57. The van der Waals surface area contributed by atoms with E-state index in [9.17, 15) is 4.79 Å². The van der Waals surface area contributed by atoms with Gasteiger partial charge in [-0.2, -0.15) is 0 Å². The van der Waals surface area contributed by atoms with Crippen LogP contribution >= 0.6 is 0 Å². The number of fused-ring (bicyclic) bond motifs is 1. The van der Waals surface area contributed by atoms with Crippen molar-refractivity contribution in [3.8, 4) is 0 Å². The number of nitrogens with zero attached hydrogens (tertiary/aromatic N) is 3. The first-order valence-corrected chi connectivity index (χ1v) is 9.32. The molecule has 2 amide bonds. The molecule has 0 spiro atoms. The van der Waals surface area contributed by atoms with Crippen molar-refractivity contribution in [1.29, 1.82) is 0 Å². The number of rotatable bonds is 6. The van der Waals surface area contributed by atoms with Crippen molar-refractivity contribution in [3.63, 3.8) is 0 Å². The molecule has 1 aliphatic rings. The molecule has 1 saturated heterocycles. The van der Waals surface area contributed by atoms with Crippen molar-refractivity contribution in [1.82, 2.24) is 19.7 Å². The van der Waals surface area contributed by atoms with E-state index in [0.717, 1.165) is 19.6 Å². The fraction of sp³-hybridized carbons (Fsp3) is 0.550. The maximum absolute atomic E-state index is 12.6. The van der Waals surface area contributed by atoms with Crippen LogP contribution in [0.15, 0.2) is 36.5 Å². The monoisotopic (exact) mass is 358 g/mol. The smallest absolute Gasteiger partial charge is 0.317 e. The summed E-state index contributed by atoms with van der Waals surface area (Å²) < 4.78 is 7.76. The molecule has 1 aliphatic heterocycles. The zero-order chi connectivity index (χ0) is 18.7. The van der Waals surface area contributed by atoms with Gasteiger partial charge in [-0.05, 0) is 31.4 Å². The van der Waals surface area contributed by atoms with Gasteiger partial charge < -0.3 is 19.5 Å². The van der Waals surface area contributed by atoms with Crippen LogP contribution in [0, 0.1) is 0 Å². The first kappa shape index (κ1) is 18.7.